The lowest BCUT2D eigenvalue weighted by atomic mass is 9.98. The molecule has 1 atom stereocenters. The van der Waals surface area contributed by atoms with Gasteiger partial charge in [-0.25, -0.2) is 8.78 Å². The third-order valence-corrected chi connectivity index (χ3v) is 5.05. The lowest BCUT2D eigenvalue weighted by molar-refractivity contribution is 0.0979. The van der Waals surface area contributed by atoms with E-state index in [0.717, 1.165) is 6.54 Å². The molecule has 3 rings (SSSR count). The van der Waals surface area contributed by atoms with Crippen LogP contribution in [-0.4, -0.2) is 56.5 Å². The summed E-state index contributed by atoms with van der Waals surface area (Å²) in [5.74, 6) is -1.41. The van der Waals surface area contributed by atoms with Crippen LogP contribution in [0, 0.1) is 11.6 Å². The Morgan fingerprint density at radius 2 is 1.96 bits per heavy atom. The second kappa shape index (κ2) is 6.07. The van der Waals surface area contributed by atoms with E-state index in [4.69, 9.17) is 0 Å². The fraction of sp³-hybridized carbons (Fsp3) is 0.588. The van der Waals surface area contributed by atoms with Crippen molar-refractivity contribution < 1.29 is 13.6 Å². The zero-order valence-corrected chi connectivity index (χ0v) is 13.9. The zero-order valence-electron chi connectivity index (χ0n) is 13.9. The molecule has 2 aliphatic rings. The quantitative estimate of drug-likeness (QED) is 0.836. The summed E-state index contributed by atoms with van der Waals surface area (Å²) >= 11 is 0. The Morgan fingerprint density at radius 1 is 1.22 bits per heavy atom. The molecule has 0 radical (unpaired) electrons. The van der Waals surface area contributed by atoms with Crippen molar-refractivity contribution in [3.05, 3.63) is 23.3 Å². The number of likely N-dealkylation sites (N-methyl/N-ethyl adjacent to an activating group) is 1. The summed E-state index contributed by atoms with van der Waals surface area (Å²) < 4.78 is 29.7. The molecule has 2 heterocycles. The van der Waals surface area contributed by atoms with E-state index >= 15 is 4.39 Å². The molecule has 0 saturated carbocycles. The van der Waals surface area contributed by atoms with Gasteiger partial charge in [0.25, 0.3) is 0 Å². The first kappa shape index (κ1) is 16.2. The minimum Gasteiger partial charge on any atom is -0.368 e. The number of fused-ring (bicyclic) bond motifs is 1. The van der Waals surface area contributed by atoms with Gasteiger partial charge in [-0.3, -0.25) is 4.79 Å². The van der Waals surface area contributed by atoms with Gasteiger partial charge in [0.15, 0.2) is 11.6 Å². The maximum atomic E-state index is 15.1. The Bertz CT molecular complexity index is 635. The number of benzene rings is 1. The Kier molecular flexibility index (Phi) is 4.27. The summed E-state index contributed by atoms with van der Waals surface area (Å²) in [6.07, 6.45) is 0.310. The molecular weight excluding hydrogens is 300 g/mol. The minimum absolute atomic E-state index is 0.0110. The predicted molar refractivity (Wildman–Crippen MR) is 87.5 cm³/mol. The third kappa shape index (κ3) is 2.69. The normalized spacial score (nSPS) is 22.5. The van der Waals surface area contributed by atoms with Gasteiger partial charge in [0.1, 0.15) is 11.5 Å². The predicted octanol–water partition coefficient (Wildman–Crippen LogP) is 2.52. The van der Waals surface area contributed by atoms with Crippen molar-refractivity contribution in [1.29, 1.82) is 0 Å². The molecule has 0 aliphatic carbocycles. The second-order valence-electron chi connectivity index (χ2n) is 6.45. The van der Waals surface area contributed by atoms with E-state index in [1.807, 2.05) is 25.8 Å². The van der Waals surface area contributed by atoms with E-state index in [2.05, 4.69) is 4.90 Å². The highest BCUT2D eigenvalue weighted by Crippen LogP contribution is 2.38. The van der Waals surface area contributed by atoms with Crippen molar-refractivity contribution in [2.75, 3.05) is 49.6 Å². The van der Waals surface area contributed by atoms with Crippen LogP contribution < -0.4 is 9.80 Å². The second-order valence-corrected chi connectivity index (χ2v) is 6.45. The summed E-state index contributed by atoms with van der Waals surface area (Å²) in [5.41, 5.74) is 0.461. The molecule has 23 heavy (non-hydrogen) atoms. The number of rotatable bonds is 2. The van der Waals surface area contributed by atoms with Crippen molar-refractivity contribution in [2.24, 2.45) is 0 Å². The molecule has 126 valence electrons. The number of hydrogen-bond donors (Lipinski definition) is 0. The van der Waals surface area contributed by atoms with Crippen molar-refractivity contribution in [3.63, 3.8) is 0 Å². The van der Waals surface area contributed by atoms with Crippen LogP contribution >= 0.6 is 0 Å². The van der Waals surface area contributed by atoms with Gasteiger partial charge in [0.05, 0.1) is 5.69 Å². The van der Waals surface area contributed by atoms with Crippen molar-refractivity contribution in [3.8, 4) is 0 Å². The Hall–Kier alpha value is -1.69. The number of carbonyl (C=O) groups excluding carboxylic acids is 1. The van der Waals surface area contributed by atoms with Crippen molar-refractivity contribution in [2.45, 2.75) is 26.3 Å². The summed E-state index contributed by atoms with van der Waals surface area (Å²) in [6.45, 7) is 6.96. The van der Waals surface area contributed by atoms with Crippen LogP contribution in [0.4, 0.5) is 20.2 Å². The van der Waals surface area contributed by atoms with Crippen LogP contribution in [0.1, 0.15) is 30.6 Å². The SMILES string of the molecule is CCN1CCC(=O)c2cc(F)c(N3CCN(C)C(C)C3)c(F)c21. The number of ketones is 1. The first-order valence-electron chi connectivity index (χ1n) is 8.19. The summed E-state index contributed by atoms with van der Waals surface area (Å²) in [7, 11) is 2.01. The molecule has 1 saturated heterocycles. The monoisotopic (exact) mass is 323 g/mol. The molecule has 2 aliphatic heterocycles. The fourth-order valence-corrected chi connectivity index (χ4v) is 3.46. The molecule has 0 spiro atoms. The molecule has 1 aromatic carbocycles. The smallest absolute Gasteiger partial charge is 0.173 e. The van der Waals surface area contributed by atoms with Gasteiger partial charge in [-0.1, -0.05) is 0 Å². The largest absolute Gasteiger partial charge is 0.368 e. The van der Waals surface area contributed by atoms with Crippen LogP contribution in [0.25, 0.3) is 0 Å². The molecule has 1 unspecified atom stereocenters. The van der Waals surface area contributed by atoms with Crippen molar-refractivity contribution in [1.82, 2.24) is 4.90 Å². The van der Waals surface area contributed by atoms with Gasteiger partial charge < -0.3 is 14.7 Å². The first-order chi connectivity index (χ1) is 10.9. The molecule has 1 aromatic rings. The van der Waals surface area contributed by atoms with Crippen LogP contribution in [0.3, 0.4) is 0 Å². The molecule has 0 amide bonds. The topological polar surface area (TPSA) is 26.8 Å². The molecule has 1 fully saturated rings. The van der Waals surface area contributed by atoms with Crippen LogP contribution in [-0.2, 0) is 0 Å². The van der Waals surface area contributed by atoms with Crippen LogP contribution in [0.5, 0.6) is 0 Å². The molecular formula is C17H23F2N3O. The van der Waals surface area contributed by atoms with Crippen LogP contribution in [0.2, 0.25) is 0 Å². The van der Waals surface area contributed by atoms with Gasteiger partial charge in [0, 0.05) is 50.7 Å². The first-order valence-corrected chi connectivity index (χ1v) is 8.19. The van der Waals surface area contributed by atoms with E-state index < -0.39 is 11.6 Å². The minimum atomic E-state index is -0.635. The highest BCUT2D eigenvalue weighted by Gasteiger charge is 2.33. The Morgan fingerprint density at radius 3 is 2.61 bits per heavy atom. The van der Waals surface area contributed by atoms with E-state index in [9.17, 15) is 9.18 Å². The number of hydrogen-bond acceptors (Lipinski definition) is 4. The van der Waals surface area contributed by atoms with Gasteiger partial charge in [-0.05, 0) is 27.0 Å². The summed E-state index contributed by atoms with van der Waals surface area (Å²) in [5, 5.41) is 0. The molecule has 0 bridgehead atoms. The fourth-order valence-electron chi connectivity index (χ4n) is 3.46. The maximum absolute atomic E-state index is 15.1. The van der Waals surface area contributed by atoms with Crippen LogP contribution in [0.15, 0.2) is 6.07 Å². The zero-order chi connectivity index (χ0) is 16.7. The number of nitrogens with zero attached hydrogens (tertiary/aromatic N) is 3. The highest BCUT2D eigenvalue weighted by atomic mass is 19.1. The number of Topliss-reactive ketones (excluding diaryl/α,β-unsaturated/α-hetero) is 1. The molecule has 4 nitrogen and oxygen atoms in total. The van der Waals surface area contributed by atoms with E-state index in [1.54, 1.807) is 4.90 Å². The summed E-state index contributed by atoms with van der Waals surface area (Å²) in [4.78, 5) is 17.8. The Balaban J connectivity index is 2.07. The number of carbonyl (C=O) groups is 1. The van der Waals surface area contributed by atoms with E-state index in [0.29, 0.717) is 32.6 Å². The number of halogens is 2. The average molecular weight is 323 g/mol. The summed E-state index contributed by atoms with van der Waals surface area (Å²) in [6, 6.07) is 1.45. The molecule has 0 aromatic heterocycles. The maximum Gasteiger partial charge on any atom is 0.173 e. The third-order valence-electron chi connectivity index (χ3n) is 5.05. The standard InChI is InChI=1S/C17H23F2N3O/c1-4-21-6-5-14(23)12-9-13(18)17(15(19)16(12)21)22-8-7-20(3)11(2)10-22/h9,11H,4-8,10H2,1-3H3. The van der Waals surface area contributed by atoms with Gasteiger partial charge in [-0.15, -0.1) is 0 Å². The van der Waals surface area contributed by atoms with E-state index in [1.165, 1.54) is 6.07 Å². The molecule has 0 N–H and O–H groups in total. The average Bonchev–Trinajstić information content (AvgIpc) is 2.52. The lowest BCUT2D eigenvalue weighted by Gasteiger charge is -2.40. The Labute approximate surface area is 135 Å². The number of anilines is 2. The van der Waals surface area contributed by atoms with Gasteiger partial charge >= 0.3 is 0 Å². The highest BCUT2D eigenvalue weighted by molar-refractivity contribution is 6.04. The van der Waals surface area contributed by atoms with E-state index in [-0.39, 0.29) is 28.8 Å². The number of piperazine rings is 1. The van der Waals surface area contributed by atoms with Crippen molar-refractivity contribution >= 4 is 17.2 Å². The van der Waals surface area contributed by atoms with Gasteiger partial charge in [0.2, 0.25) is 0 Å². The lowest BCUT2D eigenvalue weighted by Crippen LogP contribution is -2.50. The molecule has 6 heteroatoms. The van der Waals surface area contributed by atoms with Gasteiger partial charge in [-0.2, -0.15) is 0 Å².